The summed E-state index contributed by atoms with van der Waals surface area (Å²) in [6.07, 6.45) is 5.62. The second kappa shape index (κ2) is 6.38. The lowest BCUT2D eigenvalue weighted by atomic mass is 10.3. The minimum Gasteiger partial charge on any atom is -0.391 e. The zero-order valence-electron chi connectivity index (χ0n) is 8.32. The molecule has 0 atom stereocenters. The van der Waals surface area contributed by atoms with Crippen LogP contribution in [0.5, 0.6) is 0 Å². The van der Waals surface area contributed by atoms with Crippen molar-refractivity contribution in [1.82, 2.24) is 5.32 Å². The molecule has 1 aromatic heterocycles. The van der Waals surface area contributed by atoms with Crippen LogP contribution in [0.4, 0.5) is 0 Å². The Morgan fingerprint density at radius 3 is 3.14 bits per heavy atom. The molecule has 0 bridgehead atoms. The van der Waals surface area contributed by atoms with Gasteiger partial charge in [0.2, 0.25) is 0 Å². The van der Waals surface area contributed by atoms with Crippen molar-refractivity contribution >= 4 is 17.1 Å². The van der Waals surface area contributed by atoms with Crippen molar-refractivity contribution < 1.29 is 4.79 Å². The van der Waals surface area contributed by atoms with Crippen LogP contribution >= 0.6 is 11.3 Å². The fourth-order valence-corrected chi connectivity index (χ4v) is 1.64. The van der Waals surface area contributed by atoms with Gasteiger partial charge in [-0.3, -0.25) is 4.79 Å². The number of nitrogens with one attached hydrogen (secondary N) is 1. The van der Waals surface area contributed by atoms with Crippen LogP contribution in [0, 0.1) is 0 Å². The molecular weight excluding hydrogens is 194 g/mol. The maximum atomic E-state index is 11.4. The molecule has 0 aliphatic rings. The molecule has 76 valence electrons. The minimum absolute atomic E-state index is 0.0731. The Morgan fingerprint density at radius 2 is 2.50 bits per heavy atom. The Hall–Kier alpha value is -1.09. The highest BCUT2D eigenvalue weighted by molar-refractivity contribution is 7.12. The molecule has 1 rings (SSSR count). The van der Waals surface area contributed by atoms with Crippen LogP contribution in [-0.4, -0.2) is 12.3 Å². The topological polar surface area (TPSA) is 29.1 Å². The fraction of sp³-hybridized carbons (Fsp3) is 0.364. The molecule has 0 unspecified atom stereocenters. The fourth-order valence-electron chi connectivity index (χ4n) is 0.998. The Bertz CT molecular complexity index is 290. The Kier molecular flexibility index (Phi) is 5.00. The van der Waals surface area contributed by atoms with E-state index in [2.05, 4.69) is 12.2 Å². The molecule has 1 N–H and O–H groups in total. The van der Waals surface area contributed by atoms with E-state index < -0.39 is 0 Å². The van der Waals surface area contributed by atoms with Gasteiger partial charge in [-0.25, -0.2) is 0 Å². The van der Waals surface area contributed by atoms with Gasteiger partial charge in [0.25, 0.3) is 0 Å². The Balaban J connectivity index is 2.27. The van der Waals surface area contributed by atoms with Crippen LogP contribution in [0.1, 0.15) is 29.4 Å². The largest absolute Gasteiger partial charge is 0.391 e. The summed E-state index contributed by atoms with van der Waals surface area (Å²) in [6.45, 7) is 3.08. The van der Waals surface area contributed by atoms with E-state index in [1.165, 1.54) is 17.8 Å². The molecule has 0 aromatic carbocycles. The summed E-state index contributed by atoms with van der Waals surface area (Å²) >= 11 is 1.47. The highest BCUT2D eigenvalue weighted by Gasteiger charge is 2.00. The number of allylic oxidation sites excluding steroid dienone is 1. The average Bonchev–Trinajstić information content (AvgIpc) is 2.70. The van der Waals surface area contributed by atoms with E-state index >= 15 is 0 Å². The highest BCUT2D eigenvalue weighted by Crippen LogP contribution is 2.09. The molecule has 0 saturated carbocycles. The van der Waals surface area contributed by atoms with E-state index in [-0.39, 0.29) is 5.78 Å². The highest BCUT2D eigenvalue weighted by atomic mass is 32.1. The first-order chi connectivity index (χ1) is 6.84. The molecule has 0 spiro atoms. The molecule has 0 fully saturated rings. The van der Waals surface area contributed by atoms with Crippen LogP contribution in [0.15, 0.2) is 29.8 Å². The lowest BCUT2D eigenvalue weighted by molar-refractivity contribution is 0.105. The predicted molar refractivity (Wildman–Crippen MR) is 60.7 cm³/mol. The second-order valence-electron chi connectivity index (χ2n) is 2.98. The van der Waals surface area contributed by atoms with E-state index in [9.17, 15) is 4.79 Å². The molecule has 3 heteroatoms. The summed E-state index contributed by atoms with van der Waals surface area (Å²) in [5.41, 5.74) is 0. The first kappa shape index (κ1) is 11.0. The number of carbonyl (C=O) groups excluding carboxylic acids is 1. The van der Waals surface area contributed by atoms with Gasteiger partial charge in [-0.1, -0.05) is 19.4 Å². The van der Waals surface area contributed by atoms with Crippen LogP contribution in [0.25, 0.3) is 0 Å². The van der Waals surface area contributed by atoms with Crippen LogP contribution in [-0.2, 0) is 0 Å². The molecule has 14 heavy (non-hydrogen) atoms. The minimum atomic E-state index is 0.0731. The number of carbonyl (C=O) groups is 1. The average molecular weight is 209 g/mol. The molecule has 0 radical (unpaired) electrons. The number of ketones is 1. The van der Waals surface area contributed by atoms with Crippen LogP contribution < -0.4 is 5.32 Å². The molecular formula is C11H15NOS. The molecule has 2 nitrogen and oxygen atoms in total. The molecule has 0 aliphatic heterocycles. The Labute approximate surface area is 88.6 Å². The number of rotatable bonds is 6. The summed E-state index contributed by atoms with van der Waals surface area (Å²) in [4.78, 5) is 12.2. The zero-order chi connectivity index (χ0) is 10.2. The van der Waals surface area contributed by atoms with Gasteiger partial charge in [-0.05, 0) is 17.9 Å². The van der Waals surface area contributed by atoms with E-state index in [1.54, 1.807) is 12.3 Å². The van der Waals surface area contributed by atoms with E-state index in [0.29, 0.717) is 0 Å². The van der Waals surface area contributed by atoms with Crippen molar-refractivity contribution in [2.75, 3.05) is 6.54 Å². The van der Waals surface area contributed by atoms with Gasteiger partial charge in [0.1, 0.15) is 0 Å². The van der Waals surface area contributed by atoms with E-state index in [4.69, 9.17) is 0 Å². The number of hydrogen-bond donors (Lipinski definition) is 1. The maximum absolute atomic E-state index is 11.4. The van der Waals surface area contributed by atoms with Gasteiger partial charge < -0.3 is 5.32 Å². The Morgan fingerprint density at radius 1 is 1.64 bits per heavy atom. The smallest absolute Gasteiger partial charge is 0.197 e. The molecule has 0 aliphatic carbocycles. The lowest BCUT2D eigenvalue weighted by Gasteiger charge is -1.96. The van der Waals surface area contributed by atoms with Crippen molar-refractivity contribution in [3.8, 4) is 0 Å². The first-order valence-electron chi connectivity index (χ1n) is 4.82. The van der Waals surface area contributed by atoms with Crippen molar-refractivity contribution in [3.05, 3.63) is 34.7 Å². The third-order valence-corrected chi connectivity index (χ3v) is 2.68. The summed E-state index contributed by atoms with van der Waals surface area (Å²) in [6, 6.07) is 3.72. The number of hydrogen-bond acceptors (Lipinski definition) is 3. The van der Waals surface area contributed by atoms with Gasteiger partial charge in [-0.2, -0.15) is 0 Å². The lowest BCUT2D eigenvalue weighted by Crippen LogP contribution is -2.07. The van der Waals surface area contributed by atoms with Gasteiger partial charge >= 0.3 is 0 Å². The first-order valence-corrected chi connectivity index (χ1v) is 5.70. The van der Waals surface area contributed by atoms with Gasteiger partial charge in [-0.15, -0.1) is 11.3 Å². The molecule has 1 aromatic rings. The van der Waals surface area contributed by atoms with Crippen molar-refractivity contribution in [1.29, 1.82) is 0 Å². The molecule has 0 amide bonds. The van der Waals surface area contributed by atoms with E-state index in [0.717, 1.165) is 17.8 Å². The summed E-state index contributed by atoms with van der Waals surface area (Å²) in [5, 5.41) is 4.99. The van der Waals surface area contributed by atoms with E-state index in [1.807, 2.05) is 17.5 Å². The van der Waals surface area contributed by atoms with Crippen molar-refractivity contribution in [3.63, 3.8) is 0 Å². The zero-order valence-corrected chi connectivity index (χ0v) is 9.14. The quantitative estimate of drug-likeness (QED) is 0.443. The standard InChI is InChI=1S/C11H15NOS/c1-2-3-7-12-8-6-10(13)11-5-4-9-14-11/h4-6,8-9,12H,2-3,7H2,1H3/b8-6-. The van der Waals surface area contributed by atoms with Crippen LogP contribution in [0.3, 0.4) is 0 Å². The van der Waals surface area contributed by atoms with Gasteiger partial charge in [0.15, 0.2) is 5.78 Å². The third kappa shape index (κ3) is 3.75. The summed E-state index contributed by atoms with van der Waals surface area (Å²) < 4.78 is 0. The van der Waals surface area contributed by atoms with Crippen molar-refractivity contribution in [2.24, 2.45) is 0 Å². The maximum Gasteiger partial charge on any atom is 0.197 e. The monoisotopic (exact) mass is 209 g/mol. The third-order valence-electron chi connectivity index (χ3n) is 1.79. The second-order valence-corrected chi connectivity index (χ2v) is 3.93. The van der Waals surface area contributed by atoms with Gasteiger partial charge in [0, 0.05) is 18.8 Å². The SMILES string of the molecule is CCCCN/C=C\C(=O)c1cccs1. The van der Waals surface area contributed by atoms with Crippen LogP contribution in [0.2, 0.25) is 0 Å². The number of thiophene rings is 1. The summed E-state index contributed by atoms with van der Waals surface area (Å²) in [5.74, 6) is 0.0731. The number of unbranched alkanes of at least 4 members (excludes halogenated alkanes) is 1. The van der Waals surface area contributed by atoms with Crippen molar-refractivity contribution in [2.45, 2.75) is 19.8 Å². The molecule has 1 heterocycles. The normalized spacial score (nSPS) is 10.6. The molecule has 0 saturated heterocycles. The predicted octanol–water partition coefficient (Wildman–Crippen LogP) is 2.83. The van der Waals surface area contributed by atoms with Gasteiger partial charge in [0.05, 0.1) is 4.88 Å². The summed E-state index contributed by atoms with van der Waals surface area (Å²) in [7, 11) is 0.